The van der Waals surface area contributed by atoms with Gasteiger partial charge in [-0.25, -0.2) is 0 Å². The zero-order valence-corrected chi connectivity index (χ0v) is 12.3. The molecule has 2 heteroatoms. The van der Waals surface area contributed by atoms with E-state index < -0.39 is 0 Å². The molecule has 0 atom stereocenters. The van der Waals surface area contributed by atoms with Gasteiger partial charge in [-0.15, -0.1) is 12.4 Å². The molecule has 2 aromatic rings. The summed E-state index contributed by atoms with van der Waals surface area (Å²) < 4.78 is 0. The third-order valence-corrected chi connectivity index (χ3v) is 3.49. The molecular weight excluding hydrogens is 242 g/mol. The molecule has 0 saturated carbocycles. The van der Waals surface area contributed by atoms with Gasteiger partial charge in [0.15, 0.2) is 0 Å². The van der Waals surface area contributed by atoms with Crippen molar-refractivity contribution >= 4 is 23.2 Å². The Morgan fingerprint density at radius 2 is 1.50 bits per heavy atom. The molecular formula is C16H22ClN. The van der Waals surface area contributed by atoms with Gasteiger partial charge in [0, 0.05) is 6.54 Å². The zero-order valence-electron chi connectivity index (χ0n) is 11.4. The van der Waals surface area contributed by atoms with Gasteiger partial charge in [-0.3, -0.25) is 4.90 Å². The van der Waals surface area contributed by atoms with Crippen LogP contribution in [0, 0.1) is 6.92 Å². The van der Waals surface area contributed by atoms with E-state index in [4.69, 9.17) is 0 Å². The molecule has 0 aliphatic carbocycles. The number of benzene rings is 2. The topological polar surface area (TPSA) is 3.24 Å². The van der Waals surface area contributed by atoms with Crippen molar-refractivity contribution in [1.29, 1.82) is 0 Å². The Labute approximate surface area is 116 Å². The highest BCUT2D eigenvalue weighted by Gasteiger charge is 2.05. The standard InChI is InChI=1S/C16H21N.ClH/c1-4-17(5-2)12-16-11-15-9-7-6-8-14(15)10-13(16)3;/h6-11H,4-5,12H2,1-3H3;1H. The smallest absolute Gasteiger partial charge is 0.0236 e. The molecule has 0 aliphatic rings. The first-order chi connectivity index (χ1) is 8.24. The highest BCUT2D eigenvalue weighted by molar-refractivity contribution is 5.85. The maximum atomic E-state index is 2.46. The fourth-order valence-electron chi connectivity index (χ4n) is 2.26. The van der Waals surface area contributed by atoms with E-state index >= 15 is 0 Å². The molecule has 98 valence electrons. The van der Waals surface area contributed by atoms with E-state index in [1.807, 2.05) is 0 Å². The van der Waals surface area contributed by atoms with Gasteiger partial charge in [-0.2, -0.15) is 0 Å². The molecule has 0 saturated heterocycles. The third kappa shape index (κ3) is 3.24. The molecule has 0 fully saturated rings. The Kier molecular flexibility index (Phi) is 5.64. The molecule has 0 heterocycles. The van der Waals surface area contributed by atoms with Crippen molar-refractivity contribution in [2.24, 2.45) is 0 Å². The third-order valence-electron chi connectivity index (χ3n) is 3.49. The van der Waals surface area contributed by atoms with Crippen LogP contribution < -0.4 is 0 Å². The maximum absolute atomic E-state index is 2.46. The van der Waals surface area contributed by atoms with Crippen LogP contribution in [0.4, 0.5) is 0 Å². The highest BCUT2D eigenvalue weighted by atomic mass is 35.5. The normalized spacial score (nSPS) is 10.7. The Hall–Kier alpha value is -1.05. The summed E-state index contributed by atoms with van der Waals surface area (Å²) >= 11 is 0. The summed E-state index contributed by atoms with van der Waals surface area (Å²) in [7, 11) is 0. The average molecular weight is 264 g/mol. The Balaban J connectivity index is 0.00000162. The van der Waals surface area contributed by atoms with Gasteiger partial charge in [-0.1, -0.05) is 44.2 Å². The van der Waals surface area contributed by atoms with Crippen molar-refractivity contribution in [2.45, 2.75) is 27.3 Å². The van der Waals surface area contributed by atoms with E-state index in [0.717, 1.165) is 19.6 Å². The summed E-state index contributed by atoms with van der Waals surface area (Å²) in [6.45, 7) is 9.94. The minimum absolute atomic E-state index is 0. The molecule has 0 bridgehead atoms. The minimum Gasteiger partial charge on any atom is -0.300 e. The van der Waals surface area contributed by atoms with Crippen molar-refractivity contribution in [1.82, 2.24) is 4.90 Å². The quantitative estimate of drug-likeness (QED) is 0.790. The van der Waals surface area contributed by atoms with E-state index in [0.29, 0.717) is 0 Å². The van der Waals surface area contributed by atoms with Gasteiger partial charge in [0.05, 0.1) is 0 Å². The SMILES string of the molecule is CCN(CC)Cc1cc2ccccc2cc1C.Cl. The lowest BCUT2D eigenvalue weighted by Crippen LogP contribution is -2.22. The van der Waals surface area contributed by atoms with E-state index in [9.17, 15) is 0 Å². The number of rotatable bonds is 4. The van der Waals surface area contributed by atoms with Crippen molar-refractivity contribution < 1.29 is 0 Å². The van der Waals surface area contributed by atoms with Gasteiger partial charge in [0.2, 0.25) is 0 Å². The van der Waals surface area contributed by atoms with Crippen LogP contribution in [0.15, 0.2) is 36.4 Å². The van der Waals surface area contributed by atoms with Gasteiger partial charge in [0.1, 0.15) is 0 Å². The van der Waals surface area contributed by atoms with E-state index in [-0.39, 0.29) is 12.4 Å². The number of fused-ring (bicyclic) bond motifs is 1. The second-order valence-electron chi connectivity index (χ2n) is 4.59. The molecule has 18 heavy (non-hydrogen) atoms. The summed E-state index contributed by atoms with van der Waals surface area (Å²) in [5.41, 5.74) is 2.85. The number of aryl methyl sites for hydroxylation is 1. The van der Waals surface area contributed by atoms with Crippen LogP contribution in [-0.4, -0.2) is 18.0 Å². The molecule has 0 aromatic heterocycles. The molecule has 0 spiro atoms. The lowest BCUT2D eigenvalue weighted by molar-refractivity contribution is 0.295. The molecule has 0 unspecified atom stereocenters. The van der Waals surface area contributed by atoms with Crippen LogP contribution in [0.1, 0.15) is 25.0 Å². The molecule has 2 aromatic carbocycles. The fraction of sp³-hybridized carbons (Fsp3) is 0.375. The monoisotopic (exact) mass is 263 g/mol. The van der Waals surface area contributed by atoms with Gasteiger partial charge in [0.25, 0.3) is 0 Å². The lowest BCUT2D eigenvalue weighted by atomic mass is 10.0. The van der Waals surface area contributed by atoms with E-state index in [2.05, 4.69) is 62.1 Å². The summed E-state index contributed by atoms with van der Waals surface area (Å²) in [5.74, 6) is 0. The van der Waals surface area contributed by atoms with Crippen molar-refractivity contribution in [3.05, 3.63) is 47.5 Å². The minimum atomic E-state index is 0. The number of nitrogens with zero attached hydrogens (tertiary/aromatic N) is 1. The first-order valence-electron chi connectivity index (χ1n) is 6.45. The van der Waals surface area contributed by atoms with Gasteiger partial charge in [-0.05, 0) is 48.0 Å². The summed E-state index contributed by atoms with van der Waals surface area (Å²) in [4.78, 5) is 2.46. The molecule has 0 aliphatic heterocycles. The second kappa shape index (κ2) is 6.77. The first-order valence-corrected chi connectivity index (χ1v) is 6.45. The van der Waals surface area contributed by atoms with Gasteiger partial charge >= 0.3 is 0 Å². The van der Waals surface area contributed by atoms with Crippen LogP contribution in [0.5, 0.6) is 0 Å². The van der Waals surface area contributed by atoms with Crippen LogP contribution in [0.2, 0.25) is 0 Å². The number of halogens is 1. The zero-order chi connectivity index (χ0) is 12.3. The molecule has 2 rings (SSSR count). The predicted octanol–water partition coefficient (Wildman–Crippen LogP) is 4.41. The fourth-order valence-corrected chi connectivity index (χ4v) is 2.26. The average Bonchev–Trinajstić information content (AvgIpc) is 2.36. The van der Waals surface area contributed by atoms with Crippen LogP contribution in [-0.2, 0) is 6.54 Å². The van der Waals surface area contributed by atoms with Crippen LogP contribution in [0.25, 0.3) is 10.8 Å². The Bertz CT molecular complexity index is 503. The van der Waals surface area contributed by atoms with Crippen LogP contribution in [0.3, 0.4) is 0 Å². The molecule has 0 radical (unpaired) electrons. The summed E-state index contributed by atoms with van der Waals surface area (Å²) in [6.07, 6.45) is 0. The Morgan fingerprint density at radius 1 is 0.944 bits per heavy atom. The molecule has 0 N–H and O–H groups in total. The van der Waals surface area contributed by atoms with Crippen LogP contribution >= 0.6 is 12.4 Å². The van der Waals surface area contributed by atoms with Crippen molar-refractivity contribution in [3.63, 3.8) is 0 Å². The number of hydrogen-bond acceptors (Lipinski definition) is 1. The second-order valence-corrected chi connectivity index (χ2v) is 4.59. The summed E-state index contributed by atoms with van der Waals surface area (Å²) in [5, 5.41) is 2.69. The largest absolute Gasteiger partial charge is 0.300 e. The first kappa shape index (κ1) is 15.0. The van der Waals surface area contributed by atoms with E-state index in [1.54, 1.807) is 0 Å². The van der Waals surface area contributed by atoms with Crippen molar-refractivity contribution in [2.75, 3.05) is 13.1 Å². The molecule has 0 amide bonds. The van der Waals surface area contributed by atoms with E-state index in [1.165, 1.54) is 21.9 Å². The molecule has 1 nitrogen and oxygen atoms in total. The number of hydrogen-bond donors (Lipinski definition) is 0. The maximum Gasteiger partial charge on any atom is 0.0236 e. The van der Waals surface area contributed by atoms with Crippen molar-refractivity contribution in [3.8, 4) is 0 Å². The van der Waals surface area contributed by atoms with Gasteiger partial charge < -0.3 is 0 Å². The lowest BCUT2D eigenvalue weighted by Gasteiger charge is -2.19. The highest BCUT2D eigenvalue weighted by Crippen LogP contribution is 2.20. The Morgan fingerprint density at radius 3 is 2.06 bits per heavy atom. The summed E-state index contributed by atoms with van der Waals surface area (Å²) in [6, 6.07) is 13.2. The predicted molar refractivity (Wildman–Crippen MR) is 82.6 cm³/mol.